The average molecular weight is 325 g/mol. The number of hydrogen-bond donors (Lipinski definition) is 1. The standard InChI is InChI=1S/C16H27N3O2S/c1-15-7-11-18(12-8-15)22(20,21)19(14-10-17)13-9-16-5-3-2-4-6-16/h2-6,15H,7-14,17H2,1H3. The molecule has 0 unspecified atom stereocenters. The van der Waals surface area contributed by atoms with Crippen LogP contribution in [0, 0.1) is 5.92 Å². The van der Waals surface area contributed by atoms with Crippen LogP contribution in [0.4, 0.5) is 0 Å². The van der Waals surface area contributed by atoms with Gasteiger partial charge in [0.2, 0.25) is 0 Å². The van der Waals surface area contributed by atoms with Gasteiger partial charge in [0.25, 0.3) is 10.2 Å². The van der Waals surface area contributed by atoms with E-state index in [9.17, 15) is 8.42 Å². The number of nitrogens with two attached hydrogens (primary N) is 1. The number of piperidine rings is 1. The van der Waals surface area contributed by atoms with E-state index in [1.807, 2.05) is 30.3 Å². The number of rotatable bonds is 7. The quantitative estimate of drug-likeness (QED) is 0.825. The third-order valence-electron chi connectivity index (χ3n) is 4.27. The average Bonchev–Trinajstić information content (AvgIpc) is 2.52. The summed E-state index contributed by atoms with van der Waals surface area (Å²) >= 11 is 0. The summed E-state index contributed by atoms with van der Waals surface area (Å²) in [5, 5.41) is 0. The van der Waals surface area contributed by atoms with Crippen molar-refractivity contribution in [1.29, 1.82) is 0 Å². The molecule has 1 aromatic rings. The van der Waals surface area contributed by atoms with Crippen molar-refractivity contribution in [3.63, 3.8) is 0 Å². The Morgan fingerprint density at radius 3 is 2.41 bits per heavy atom. The van der Waals surface area contributed by atoms with E-state index >= 15 is 0 Å². The molecule has 5 nitrogen and oxygen atoms in total. The molecule has 124 valence electrons. The normalized spacial score (nSPS) is 18.0. The van der Waals surface area contributed by atoms with Crippen LogP contribution in [-0.2, 0) is 16.6 Å². The smallest absolute Gasteiger partial charge is 0.282 e. The lowest BCUT2D eigenvalue weighted by atomic mass is 10.0. The predicted molar refractivity (Wildman–Crippen MR) is 89.7 cm³/mol. The van der Waals surface area contributed by atoms with Gasteiger partial charge in [-0.15, -0.1) is 0 Å². The van der Waals surface area contributed by atoms with Crippen molar-refractivity contribution in [1.82, 2.24) is 8.61 Å². The molecule has 1 saturated heterocycles. The van der Waals surface area contributed by atoms with E-state index in [1.165, 1.54) is 4.31 Å². The molecule has 0 radical (unpaired) electrons. The van der Waals surface area contributed by atoms with Crippen LogP contribution in [0.5, 0.6) is 0 Å². The van der Waals surface area contributed by atoms with Crippen LogP contribution in [0.15, 0.2) is 30.3 Å². The number of nitrogens with zero attached hydrogens (tertiary/aromatic N) is 2. The fourth-order valence-corrected chi connectivity index (χ4v) is 4.42. The Hall–Kier alpha value is -0.950. The highest BCUT2D eigenvalue weighted by Crippen LogP contribution is 2.20. The zero-order valence-electron chi connectivity index (χ0n) is 13.3. The number of benzene rings is 1. The predicted octanol–water partition coefficient (Wildman–Crippen LogP) is 1.47. The van der Waals surface area contributed by atoms with Crippen LogP contribution >= 0.6 is 0 Å². The summed E-state index contributed by atoms with van der Waals surface area (Å²) in [4.78, 5) is 0. The van der Waals surface area contributed by atoms with Crippen LogP contribution in [-0.4, -0.2) is 49.8 Å². The van der Waals surface area contributed by atoms with E-state index in [0.717, 1.165) is 18.4 Å². The first kappa shape index (κ1) is 17.4. The maximum atomic E-state index is 12.8. The second-order valence-electron chi connectivity index (χ2n) is 6.01. The van der Waals surface area contributed by atoms with Crippen molar-refractivity contribution in [2.45, 2.75) is 26.2 Å². The fraction of sp³-hybridized carbons (Fsp3) is 0.625. The van der Waals surface area contributed by atoms with Gasteiger partial charge in [0.15, 0.2) is 0 Å². The second-order valence-corrected chi connectivity index (χ2v) is 7.94. The van der Waals surface area contributed by atoms with Crippen LogP contribution in [0.3, 0.4) is 0 Å². The van der Waals surface area contributed by atoms with Crippen LogP contribution in [0.25, 0.3) is 0 Å². The molecule has 0 spiro atoms. The van der Waals surface area contributed by atoms with E-state index in [4.69, 9.17) is 5.73 Å². The highest BCUT2D eigenvalue weighted by molar-refractivity contribution is 7.86. The molecular formula is C16H27N3O2S. The molecule has 2 rings (SSSR count). The molecule has 0 aliphatic carbocycles. The van der Waals surface area contributed by atoms with E-state index < -0.39 is 10.2 Å². The first-order chi connectivity index (χ1) is 10.5. The Bertz CT molecular complexity index is 540. The molecule has 0 saturated carbocycles. The molecule has 1 aliphatic heterocycles. The number of hydrogen-bond acceptors (Lipinski definition) is 3. The summed E-state index contributed by atoms with van der Waals surface area (Å²) in [5.41, 5.74) is 6.77. The minimum Gasteiger partial charge on any atom is -0.329 e. The van der Waals surface area contributed by atoms with Crippen LogP contribution < -0.4 is 5.73 Å². The highest BCUT2D eigenvalue weighted by Gasteiger charge is 2.31. The molecular weight excluding hydrogens is 298 g/mol. The van der Waals surface area contributed by atoms with Gasteiger partial charge in [0.05, 0.1) is 0 Å². The summed E-state index contributed by atoms with van der Waals surface area (Å²) in [7, 11) is -3.39. The van der Waals surface area contributed by atoms with Gasteiger partial charge in [-0.3, -0.25) is 0 Å². The topological polar surface area (TPSA) is 66.6 Å². The van der Waals surface area contributed by atoms with Gasteiger partial charge in [-0.2, -0.15) is 17.0 Å². The van der Waals surface area contributed by atoms with E-state index in [2.05, 4.69) is 6.92 Å². The van der Waals surface area contributed by atoms with E-state index in [-0.39, 0.29) is 0 Å². The Morgan fingerprint density at radius 2 is 1.82 bits per heavy atom. The molecule has 22 heavy (non-hydrogen) atoms. The highest BCUT2D eigenvalue weighted by atomic mass is 32.2. The van der Waals surface area contributed by atoms with E-state index in [0.29, 0.717) is 45.1 Å². The first-order valence-electron chi connectivity index (χ1n) is 8.03. The van der Waals surface area contributed by atoms with Crippen LogP contribution in [0.2, 0.25) is 0 Å². The van der Waals surface area contributed by atoms with Crippen LogP contribution in [0.1, 0.15) is 25.3 Å². The van der Waals surface area contributed by atoms with E-state index in [1.54, 1.807) is 4.31 Å². The molecule has 1 fully saturated rings. The van der Waals surface area contributed by atoms with Gasteiger partial charge < -0.3 is 5.73 Å². The zero-order valence-corrected chi connectivity index (χ0v) is 14.1. The molecule has 0 bridgehead atoms. The van der Waals surface area contributed by atoms with Crippen molar-refractivity contribution in [3.05, 3.63) is 35.9 Å². The second kappa shape index (κ2) is 8.06. The third-order valence-corrected chi connectivity index (χ3v) is 6.30. The maximum absolute atomic E-state index is 12.8. The lowest BCUT2D eigenvalue weighted by Crippen LogP contribution is -2.48. The summed E-state index contributed by atoms with van der Waals surface area (Å²) < 4.78 is 28.8. The molecule has 1 aromatic carbocycles. The Kier molecular flexibility index (Phi) is 6.37. The van der Waals surface area contributed by atoms with Crippen molar-refractivity contribution in [2.24, 2.45) is 11.7 Å². The maximum Gasteiger partial charge on any atom is 0.282 e. The Labute approximate surface area is 134 Å². The minimum absolute atomic E-state index is 0.345. The molecule has 0 aromatic heterocycles. The SMILES string of the molecule is CC1CCN(S(=O)(=O)N(CCN)CCc2ccccc2)CC1. The third kappa shape index (κ3) is 4.52. The molecule has 0 amide bonds. The summed E-state index contributed by atoms with van der Waals surface area (Å²) in [6.07, 6.45) is 2.59. The molecule has 2 N–H and O–H groups in total. The van der Waals surface area contributed by atoms with Crippen molar-refractivity contribution in [3.8, 4) is 0 Å². The molecule has 6 heteroatoms. The Morgan fingerprint density at radius 1 is 1.18 bits per heavy atom. The molecule has 1 heterocycles. The van der Waals surface area contributed by atoms with Gasteiger partial charge >= 0.3 is 0 Å². The largest absolute Gasteiger partial charge is 0.329 e. The molecule has 1 aliphatic rings. The van der Waals surface area contributed by atoms with Gasteiger partial charge in [-0.1, -0.05) is 37.3 Å². The summed E-state index contributed by atoms with van der Waals surface area (Å²) in [6.45, 7) is 4.62. The zero-order chi connectivity index (χ0) is 16.0. The minimum atomic E-state index is -3.39. The first-order valence-corrected chi connectivity index (χ1v) is 9.43. The van der Waals surface area contributed by atoms with Crippen molar-refractivity contribution < 1.29 is 8.42 Å². The van der Waals surface area contributed by atoms with Gasteiger partial charge in [-0.25, -0.2) is 0 Å². The van der Waals surface area contributed by atoms with Crippen molar-refractivity contribution >= 4 is 10.2 Å². The summed E-state index contributed by atoms with van der Waals surface area (Å²) in [6, 6.07) is 9.96. The van der Waals surface area contributed by atoms with Gasteiger partial charge in [0, 0.05) is 32.7 Å². The molecule has 0 atom stereocenters. The lowest BCUT2D eigenvalue weighted by Gasteiger charge is -2.34. The summed E-state index contributed by atoms with van der Waals surface area (Å²) in [5.74, 6) is 0.610. The van der Waals surface area contributed by atoms with Gasteiger partial charge in [0.1, 0.15) is 0 Å². The Balaban J connectivity index is 2.02. The monoisotopic (exact) mass is 325 g/mol. The van der Waals surface area contributed by atoms with Gasteiger partial charge in [-0.05, 0) is 30.7 Å². The van der Waals surface area contributed by atoms with Crippen molar-refractivity contribution in [2.75, 3.05) is 32.7 Å². The fourth-order valence-electron chi connectivity index (χ4n) is 2.76. The lowest BCUT2D eigenvalue weighted by molar-refractivity contribution is 0.265.